The van der Waals surface area contributed by atoms with Crippen LogP contribution in [0.25, 0.3) is 0 Å². The normalized spacial score (nSPS) is 20.6. The highest BCUT2D eigenvalue weighted by Crippen LogP contribution is 2.28. The highest BCUT2D eigenvalue weighted by atomic mass is 16.8. The molecule has 0 amide bonds. The summed E-state index contributed by atoms with van der Waals surface area (Å²) in [4.78, 5) is 0. The molecule has 1 fully saturated rings. The van der Waals surface area contributed by atoms with E-state index in [9.17, 15) is 0 Å². The molecule has 156 valence electrons. The Labute approximate surface area is 173 Å². The Balaban J connectivity index is 1.75. The fraction of sp³-hybridized carbons (Fsp3) is 0.417. The minimum Gasteiger partial charge on any atom is -0.505 e. The van der Waals surface area contributed by atoms with E-state index in [1.807, 2.05) is 80.6 Å². The maximum absolute atomic E-state index is 6.32. The van der Waals surface area contributed by atoms with Gasteiger partial charge >= 0.3 is 0 Å². The van der Waals surface area contributed by atoms with Crippen LogP contribution in [-0.4, -0.2) is 37.8 Å². The minimum atomic E-state index is -0.645. The van der Waals surface area contributed by atoms with Crippen LogP contribution in [0.5, 0.6) is 0 Å². The zero-order valence-corrected chi connectivity index (χ0v) is 17.3. The van der Waals surface area contributed by atoms with Gasteiger partial charge in [0, 0.05) is 0 Å². The van der Waals surface area contributed by atoms with E-state index >= 15 is 0 Å². The maximum Gasteiger partial charge on any atom is 0.163 e. The van der Waals surface area contributed by atoms with Crippen LogP contribution in [0.15, 0.2) is 73.0 Å². The van der Waals surface area contributed by atoms with E-state index in [4.69, 9.17) is 23.7 Å². The van der Waals surface area contributed by atoms with E-state index in [1.54, 1.807) is 13.4 Å². The Bertz CT molecular complexity index is 744. The molecule has 0 aromatic heterocycles. The lowest BCUT2D eigenvalue weighted by atomic mass is 10.1. The zero-order valence-electron chi connectivity index (χ0n) is 17.3. The van der Waals surface area contributed by atoms with Crippen LogP contribution in [0, 0.1) is 0 Å². The van der Waals surface area contributed by atoms with Gasteiger partial charge in [-0.05, 0) is 31.1 Å². The molecule has 5 nitrogen and oxygen atoms in total. The van der Waals surface area contributed by atoms with E-state index in [1.165, 1.54) is 0 Å². The fourth-order valence-corrected chi connectivity index (χ4v) is 3.24. The average molecular weight is 398 g/mol. The average Bonchev–Trinajstić information content (AvgIpc) is 3.10. The summed E-state index contributed by atoms with van der Waals surface area (Å²) in [5.74, 6) is -0.645. The molecule has 1 heterocycles. The maximum atomic E-state index is 6.32. The highest BCUT2D eigenvalue weighted by Gasteiger charge is 2.41. The van der Waals surface area contributed by atoms with E-state index < -0.39 is 5.79 Å². The molecule has 2 aromatic rings. The molecular weight excluding hydrogens is 368 g/mol. The second-order valence-electron chi connectivity index (χ2n) is 7.45. The molecule has 0 radical (unpaired) electrons. The third-order valence-corrected chi connectivity index (χ3v) is 4.70. The fourth-order valence-electron chi connectivity index (χ4n) is 3.24. The summed E-state index contributed by atoms with van der Waals surface area (Å²) in [5.41, 5.74) is 2.18. The summed E-state index contributed by atoms with van der Waals surface area (Å²) in [6.45, 7) is 5.18. The zero-order chi connectivity index (χ0) is 20.5. The van der Waals surface area contributed by atoms with E-state index in [0.717, 1.165) is 11.1 Å². The van der Waals surface area contributed by atoms with E-state index in [-0.39, 0.29) is 18.3 Å². The van der Waals surface area contributed by atoms with Crippen molar-refractivity contribution in [3.8, 4) is 0 Å². The lowest BCUT2D eigenvalue weighted by molar-refractivity contribution is -0.173. The van der Waals surface area contributed by atoms with Gasteiger partial charge in [0.05, 0.1) is 33.2 Å². The van der Waals surface area contributed by atoms with Crippen molar-refractivity contribution >= 4 is 0 Å². The molecule has 1 saturated heterocycles. The van der Waals surface area contributed by atoms with Crippen LogP contribution < -0.4 is 0 Å². The second kappa shape index (κ2) is 10.6. The van der Waals surface area contributed by atoms with Crippen molar-refractivity contribution in [3.63, 3.8) is 0 Å². The first-order chi connectivity index (χ1) is 14.1. The van der Waals surface area contributed by atoms with E-state index in [2.05, 4.69) is 0 Å². The minimum absolute atomic E-state index is 0.254. The highest BCUT2D eigenvalue weighted by molar-refractivity contribution is 5.14. The summed E-state index contributed by atoms with van der Waals surface area (Å²) < 4.78 is 29.6. The second-order valence-corrected chi connectivity index (χ2v) is 7.45. The number of methoxy groups -OCH3 is 1. The van der Waals surface area contributed by atoms with Crippen LogP contribution >= 0.6 is 0 Å². The van der Waals surface area contributed by atoms with Gasteiger partial charge in [0.15, 0.2) is 5.79 Å². The van der Waals surface area contributed by atoms with E-state index in [0.29, 0.717) is 19.8 Å². The summed E-state index contributed by atoms with van der Waals surface area (Å²) >= 11 is 0. The molecule has 1 aliphatic heterocycles. The quantitative estimate of drug-likeness (QED) is 0.553. The van der Waals surface area contributed by atoms with Crippen molar-refractivity contribution in [1.29, 1.82) is 0 Å². The lowest BCUT2D eigenvalue weighted by Gasteiger charge is -2.30. The Kier molecular flexibility index (Phi) is 7.83. The largest absolute Gasteiger partial charge is 0.505 e. The molecule has 0 saturated carbocycles. The van der Waals surface area contributed by atoms with Crippen LogP contribution in [0.1, 0.15) is 25.0 Å². The van der Waals surface area contributed by atoms with Gasteiger partial charge in [-0.25, -0.2) is 0 Å². The van der Waals surface area contributed by atoms with Gasteiger partial charge in [-0.15, -0.1) is 0 Å². The summed E-state index contributed by atoms with van der Waals surface area (Å²) in [5, 5.41) is 0. The SMILES string of the molecule is CO/C=C/[C@H](OCc1ccccc1)[C@@H](OCc1ccccc1)[C@@H]1COC(C)(C)O1. The first-order valence-electron chi connectivity index (χ1n) is 9.90. The molecule has 0 aliphatic carbocycles. The molecule has 1 aliphatic rings. The first kappa shape index (κ1) is 21.5. The molecule has 0 spiro atoms. The molecule has 3 atom stereocenters. The number of hydrogen-bond acceptors (Lipinski definition) is 5. The Hall–Kier alpha value is -2.18. The topological polar surface area (TPSA) is 46.2 Å². The number of rotatable bonds is 10. The summed E-state index contributed by atoms with van der Waals surface area (Å²) in [6.07, 6.45) is 2.52. The van der Waals surface area contributed by atoms with Crippen LogP contribution in [0.2, 0.25) is 0 Å². The molecule has 2 aromatic carbocycles. The van der Waals surface area contributed by atoms with Crippen LogP contribution in [-0.2, 0) is 36.9 Å². The predicted molar refractivity (Wildman–Crippen MR) is 111 cm³/mol. The number of hydrogen-bond donors (Lipinski definition) is 0. The van der Waals surface area contributed by atoms with Crippen LogP contribution in [0.4, 0.5) is 0 Å². The van der Waals surface area contributed by atoms with Gasteiger partial charge in [-0.2, -0.15) is 0 Å². The van der Waals surface area contributed by atoms with Gasteiger partial charge < -0.3 is 23.7 Å². The summed E-state index contributed by atoms with van der Waals surface area (Å²) in [6, 6.07) is 20.1. The van der Waals surface area contributed by atoms with Crippen molar-refractivity contribution in [2.75, 3.05) is 13.7 Å². The molecule has 5 heteroatoms. The molecule has 29 heavy (non-hydrogen) atoms. The predicted octanol–water partition coefficient (Wildman–Crippen LogP) is 4.47. The molecule has 0 bridgehead atoms. The molecule has 3 rings (SSSR count). The smallest absolute Gasteiger partial charge is 0.163 e. The van der Waals surface area contributed by atoms with Crippen molar-refractivity contribution < 1.29 is 23.7 Å². The Morgan fingerprint density at radius 2 is 1.55 bits per heavy atom. The standard InChI is InChI=1S/C24H30O5/c1-24(2)28-18-22(29-24)23(27-17-20-12-8-5-9-13-20)21(14-15-25-3)26-16-19-10-6-4-7-11-19/h4-15,21-23H,16-18H2,1-3H3/b15-14+/t21-,22-,23+/m0/s1. The Morgan fingerprint density at radius 3 is 2.07 bits per heavy atom. The first-order valence-corrected chi connectivity index (χ1v) is 9.90. The number of benzene rings is 2. The van der Waals surface area contributed by atoms with Crippen molar-refractivity contribution in [3.05, 3.63) is 84.1 Å². The lowest BCUT2D eigenvalue weighted by Crippen LogP contribution is -2.42. The third kappa shape index (κ3) is 6.68. The van der Waals surface area contributed by atoms with Crippen LogP contribution in [0.3, 0.4) is 0 Å². The van der Waals surface area contributed by atoms with Gasteiger partial charge in [-0.1, -0.05) is 60.7 Å². The molecular formula is C24H30O5. The van der Waals surface area contributed by atoms with Crippen molar-refractivity contribution in [2.45, 2.75) is 51.2 Å². The molecule has 0 unspecified atom stereocenters. The van der Waals surface area contributed by atoms with Gasteiger partial charge in [0.1, 0.15) is 18.3 Å². The summed E-state index contributed by atoms with van der Waals surface area (Å²) in [7, 11) is 1.61. The van der Waals surface area contributed by atoms with Crippen molar-refractivity contribution in [2.24, 2.45) is 0 Å². The van der Waals surface area contributed by atoms with Gasteiger partial charge in [0.25, 0.3) is 0 Å². The molecule has 0 N–H and O–H groups in total. The van der Waals surface area contributed by atoms with Gasteiger partial charge in [-0.3, -0.25) is 0 Å². The number of ether oxygens (including phenoxy) is 5. The Morgan fingerprint density at radius 1 is 0.966 bits per heavy atom. The third-order valence-electron chi connectivity index (χ3n) is 4.70. The monoisotopic (exact) mass is 398 g/mol. The van der Waals surface area contributed by atoms with Crippen molar-refractivity contribution in [1.82, 2.24) is 0 Å². The van der Waals surface area contributed by atoms with Gasteiger partial charge in [0.2, 0.25) is 0 Å².